The number of amides is 1. The Morgan fingerprint density at radius 3 is 2.34 bits per heavy atom. The standard InChI is InChI=1S/C22H24FN3O2S.CH2F2/c23-10-11-26-20-3-1-2-19(25-17-8-12-29(28)13-9-17)18(20)14-21(26)15-4-6-16(7-5-15)22(24)27;2-1-3/h1-7,14,17,25H,8-13H2,(H2,24,27);1H2. The number of halogens is 3. The van der Waals surface area contributed by atoms with E-state index in [-0.39, 0.29) is 6.54 Å². The van der Waals surface area contributed by atoms with Crippen LogP contribution in [0.1, 0.15) is 23.2 Å². The molecule has 1 saturated heterocycles. The number of carbonyl (C=O) groups excluding carboxylic acids is 1. The fraction of sp³-hybridized carbons (Fsp3) is 0.348. The van der Waals surface area contributed by atoms with Crippen LogP contribution in [0.2, 0.25) is 0 Å². The van der Waals surface area contributed by atoms with E-state index in [1.165, 1.54) is 0 Å². The number of anilines is 1. The molecule has 1 amide bonds. The van der Waals surface area contributed by atoms with Crippen molar-refractivity contribution in [2.24, 2.45) is 5.73 Å². The third-order valence-corrected chi connectivity index (χ3v) is 6.85. The third-order valence-electron chi connectivity index (χ3n) is 5.47. The van der Waals surface area contributed by atoms with E-state index >= 15 is 0 Å². The number of rotatable bonds is 6. The van der Waals surface area contributed by atoms with Crippen LogP contribution in [0.3, 0.4) is 0 Å². The van der Waals surface area contributed by atoms with Crippen molar-refractivity contribution in [2.45, 2.75) is 25.4 Å². The highest BCUT2D eigenvalue weighted by atomic mass is 32.2. The molecule has 32 heavy (non-hydrogen) atoms. The number of carbonyl (C=O) groups is 1. The average molecular weight is 466 g/mol. The first kappa shape index (κ1) is 23.8. The molecule has 1 fully saturated rings. The second kappa shape index (κ2) is 11.2. The number of hydrogen-bond acceptors (Lipinski definition) is 3. The molecular weight excluding hydrogens is 439 g/mol. The van der Waals surface area contributed by atoms with Crippen LogP contribution in [0.15, 0.2) is 48.5 Å². The number of benzene rings is 2. The Bertz CT molecular complexity index is 1080. The van der Waals surface area contributed by atoms with Crippen molar-refractivity contribution in [1.82, 2.24) is 4.57 Å². The van der Waals surface area contributed by atoms with Gasteiger partial charge >= 0.3 is 0 Å². The highest BCUT2D eigenvalue weighted by molar-refractivity contribution is 7.85. The zero-order valence-electron chi connectivity index (χ0n) is 17.5. The topological polar surface area (TPSA) is 77.1 Å². The molecule has 0 unspecified atom stereocenters. The van der Waals surface area contributed by atoms with Crippen LogP contribution < -0.4 is 11.1 Å². The summed E-state index contributed by atoms with van der Waals surface area (Å²) in [5.74, 6) is 0.989. The average Bonchev–Trinajstić information content (AvgIpc) is 3.16. The number of primary amides is 1. The molecular formula is C23H26F3N3O2S. The minimum absolute atomic E-state index is 0.252. The molecule has 0 bridgehead atoms. The summed E-state index contributed by atoms with van der Waals surface area (Å²) in [7, 11) is -0.697. The molecule has 1 aromatic heterocycles. The number of aryl methyl sites for hydroxylation is 1. The zero-order valence-corrected chi connectivity index (χ0v) is 18.3. The van der Waals surface area contributed by atoms with Gasteiger partial charge in [0.1, 0.15) is 6.67 Å². The Morgan fingerprint density at radius 1 is 1.09 bits per heavy atom. The van der Waals surface area contributed by atoms with Crippen molar-refractivity contribution in [3.05, 3.63) is 54.1 Å². The fourth-order valence-corrected chi connectivity index (χ4v) is 5.24. The van der Waals surface area contributed by atoms with Gasteiger partial charge in [0.25, 0.3) is 0 Å². The molecule has 172 valence electrons. The summed E-state index contributed by atoms with van der Waals surface area (Å²) in [4.78, 5) is 11.4. The minimum Gasteiger partial charge on any atom is -0.382 e. The van der Waals surface area contributed by atoms with Crippen LogP contribution in [0, 0.1) is 0 Å². The van der Waals surface area contributed by atoms with Crippen LogP contribution in [0.4, 0.5) is 18.9 Å². The number of aromatic nitrogens is 1. The Kier molecular flexibility index (Phi) is 8.33. The van der Waals surface area contributed by atoms with Crippen molar-refractivity contribution in [1.29, 1.82) is 0 Å². The van der Waals surface area contributed by atoms with Gasteiger partial charge in [-0.3, -0.25) is 9.00 Å². The maximum atomic E-state index is 13.3. The zero-order chi connectivity index (χ0) is 23.1. The molecule has 3 aromatic rings. The van der Waals surface area contributed by atoms with E-state index in [9.17, 15) is 22.2 Å². The summed E-state index contributed by atoms with van der Waals surface area (Å²) in [5, 5.41) is 4.63. The lowest BCUT2D eigenvalue weighted by Crippen LogP contribution is -2.29. The van der Waals surface area contributed by atoms with Crippen molar-refractivity contribution in [3.63, 3.8) is 0 Å². The number of nitrogens with zero attached hydrogens (tertiary/aromatic N) is 1. The highest BCUT2D eigenvalue weighted by Gasteiger charge is 2.20. The normalized spacial score (nSPS) is 18.1. The number of nitrogens with two attached hydrogens (primary N) is 1. The van der Waals surface area contributed by atoms with Gasteiger partial charge < -0.3 is 15.6 Å². The Balaban J connectivity index is 0.000000913. The van der Waals surface area contributed by atoms with E-state index < -0.39 is 30.3 Å². The van der Waals surface area contributed by atoms with Gasteiger partial charge in [-0.05, 0) is 48.7 Å². The molecule has 0 spiro atoms. The molecule has 4 rings (SSSR count). The molecule has 0 saturated carbocycles. The summed E-state index contributed by atoms with van der Waals surface area (Å²) >= 11 is 0. The monoisotopic (exact) mass is 465 g/mol. The lowest BCUT2D eigenvalue weighted by molar-refractivity contribution is 0.100. The van der Waals surface area contributed by atoms with Gasteiger partial charge in [0, 0.05) is 50.7 Å². The number of nitrogens with one attached hydrogen (secondary N) is 1. The van der Waals surface area contributed by atoms with E-state index in [0.29, 0.717) is 11.6 Å². The summed E-state index contributed by atoms with van der Waals surface area (Å²) < 4.78 is 46.2. The van der Waals surface area contributed by atoms with Crippen molar-refractivity contribution in [2.75, 3.05) is 30.4 Å². The Morgan fingerprint density at radius 2 is 1.75 bits per heavy atom. The molecule has 0 aliphatic carbocycles. The van der Waals surface area contributed by atoms with Crippen LogP contribution in [0.25, 0.3) is 22.2 Å². The fourth-order valence-electron chi connectivity index (χ4n) is 3.94. The van der Waals surface area contributed by atoms with Crippen molar-refractivity contribution >= 4 is 33.3 Å². The van der Waals surface area contributed by atoms with E-state index in [2.05, 4.69) is 11.4 Å². The van der Waals surface area contributed by atoms with Gasteiger partial charge in [-0.25, -0.2) is 13.2 Å². The van der Waals surface area contributed by atoms with E-state index in [1.54, 1.807) is 12.1 Å². The minimum atomic E-state index is -1.75. The maximum Gasteiger partial charge on any atom is 0.248 e. The summed E-state index contributed by atoms with van der Waals surface area (Å²) in [6, 6.07) is 15.4. The van der Waals surface area contributed by atoms with Gasteiger partial charge in [-0.2, -0.15) is 0 Å². The smallest absolute Gasteiger partial charge is 0.248 e. The molecule has 9 heteroatoms. The van der Waals surface area contributed by atoms with Crippen LogP contribution in [-0.4, -0.2) is 45.8 Å². The van der Waals surface area contributed by atoms with Crippen molar-refractivity contribution < 1.29 is 22.2 Å². The first-order valence-corrected chi connectivity index (χ1v) is 11.8. The van der Waals surface area contributed by atoms with Gasteiger partial charge in [0.15, 0.2) is 0 Å². The molecule has 5 nitrogen and oxygen atoms in total. The molecule has 1 aliphatic heterocycles. The predicted molar refractivity (Wildman–Crippen MR) is 123 cm³/mol. The summed E-state index contributed by atoms with van der Waals surface area (Å²) in [5.41, 5.74) is 9.55. The summed E-state index contributed by atoms with van der Waals surface area (Å²) in [6.45, 7) is -1.97. The largest absolute Gasteiger partial charge is 0.382 e. The molecule has 1 aliphatic rings. The molecule has 3 N–H and O–H groups in total. The predicted octanol–water partition coefficient (Wildman–Crippen LogP) is 4.58. The van der Waals surface area contributed by atoms with Crippen LogP contribution in [-0.2, 0) is 17.3 Å². The lowest BCUT2D eigenvalue weighted by atomic mass is 10.1. The quantitative estimate of drug-likeness (QED) is 0.559. The second-order valence-electron chi connectivity index (χ2n) is 7.42. The van der Waals surface area contributed by atoms with E-state index in [1.807, 2.05) is 34.9 Å². The van der Waals surface area contributed by atoms with E-state index in [4.69, 9.17) is 5.73 Å². The molecule has 2 aromatic carbocycles. The first-order valence-electron chi connectivity index (χ1n) is 10.3. The molecule has 0 radical (unpaired) electrons. The van der Waals surface area contributed by atoms with Gasteiger partial charge in [-0.1, -0.05) is 18.2 Å². The SMILES string of the molecule is FCF.NC(=O)c1ccc(-c2cc3c(NC4CCS(=O)CC4)cccc3n2CCF)cc1. The second-order valence-corrected chi connectivity index (χ2v) is 9.11. The third kappa shape index (κ3) is 5.51. The highest BCUT2D eigenvalue weighted by Crippen LogP contribution is 2.33. The van der Waals surface area contributed by atoms with Gasteiger partial charge in [0.05, 0.1) is 12.1 Å². The Hall–Kier alpha value is -2.81. The molecule has 0 atom stereocenters. The van der Waals surface area contributed by atoms with Crippen molar-refractivity contribution in [3.8, 4) is 11.3 Å². The van der Waals surface area contributed by atoms with Gasteiger partial charge in [0.2, 0.25) is 12.8 Å². The van der Waals surface area contributed by atoms with Gasteiger partial charge in [-0.15, -0.1) is 0 Å². The summed E-state index contributed by atoms with van der Waals surface area (Å²) in [6.07, 6.45) is 1.77. The number of fused-ring (bicyclic) bond motifs is 1. The van der Waals surface area contributed by atoms with E-state index in [0.717, 1.165) is 52.2 Å². The number of alkyl halides is 3. The van der Waals surface area contributed by atoms with Crippen LogP contribution >= 0.6 is 0 Å². The lowest BCUT2D eigenvalue weighted by Gasteiger charge is -2.24. The Labute approximate surface area is 187 Å². The molecule has 2 heterocycles. The number of hydrogen-bond donors (Lipinski definition) is 2. The van der Waals surface area contributed by atoms with Crippen LogP contribution in [0.5, 0.6) is 0 Å². The first-order chi connectivity index (χ1) is 15.5. The maximum absolute atomic E-state index is 13.3.